The highest BCUT2D eigenvalue weighted by atomic mass is 31.2. The molecule has 10 heteroatoms. The van der Waals surface area contributed by atoms with Crippen LogP contribution in [0.15, 0.2) is 0 Å². The predicted molar refractivity (Wildman–Crippen MR) is 215 cm³/mol. The smallest absolute Gasteiger partial charge is 0.462 e. The summed E-state index contributed by atoms with van der Waals surface area (Å²) in [5, 5.41) is 0. The van der Waals surface area contributed by atoms with Crippen molar-refractivity contribution in [3.63, 3.8) is 0 Å². The molecule has 0 aliphatic heterocycles. The van der Waals surface area contributed by atoms with Gasteiger partial charge < -0.3 is 20.1 Å². The molecule has 0 aromatic rings. The van der Waals surface area contributed by atoms with Crippen molar-refractivity contribution in [2.24, 2.45) is 5.73 Å². The van der Waals surface area contributed by atoms with Crippen LogP contribution in [0.1, 0.15) is 226 Å². The summed E-state index contributed by atoms with van der Waals surface area (Å²) in [5.74, 6) is -0.812. The lowest BCUT2D eigenvalue weighted by atomic mass is 10.0. The lowest BCUT2D eigenvalue weighted by Crippen LogP contribution is -2.29. The third-order valence-electron chi connectivity index (χ3n) is 9.74. The molecule has 0 spiro atoms. The first kappa shape index (κ1) is 51.0. The van der Waals surface area contributed by atoms with Crippen LogP contribution in [0.2, 0.25) is 0 Å². The van der Waals surface area contributed by atoms with Gasteiger partial charge in [-0.25, -0.2) is 4.57 Å². The Morgan fingerprint density at radius 3 is 1.17 bits per heavy atom. The van der Waals surface area contributed by atoms with Crippen molar-refractivity contribution in [2.75, 3.05) is 26.4 Å². The summed E-state index contributed by atoms with van der Waals surface area (Å²) in [5.41, 5.74) is 5.35. The van der Waals surface area contributed by atoms with Crippen molar-refractivity contribution in [1.29, 1.82) is 0 Å². The Balaban J connectivity index is 4.09. The van der Waals surface area contributed by atoms with Crippen LogP contribution < -0.4 is 5.73 Å². The first-order valence-electron chi connectivity index (χ1n) is 22.0. The number of ether oxygens (including phenoxy) is 2. The number of hydrogen-bond donors (Lipinski definition) is 2. The summed E-state index contributed by atoms with van der Waals surface area (Å²) in [7, 11) is -4.37. The fourth-order valence-corrected chi connectivity index (χ4v) is 7.23. The molecule has 0 aromatic heterocycles. The van der Waals surface area contributed by atoms with Crippen LogP contribution >= 0.6 is 7.82 Å². The predicted octanol–water partition coefficient (Wildman–Crippen LogP) is 12.4. The van der Waals surface area contributed by atoms with Crippen molar-refractivity contribution in [3.05, 3.63) is 0 Å². The molecule has 0 aliphatic rings. The minimum atomic E-state index is -4.37. The van der Waals surface area contributed by atoms with Crippen molar-refractivity contribution >= 4 is 19.8 Å². The fraction of sp³-hybridized carbons (Fsp3) is 0.952. The zero-order valence-electron chi connectivity index (χ0n) is 34.1. The Kier molecular flexibility index (Phi) is 38.9. The molecule has 3 N–H and O–H groups in total. The third-order valence-corrected chi connectivity index (χ3v) is 10.7. The molecule has 0 heterocycles. The van der Waals surface area contributed by atoms with Crippen LogP contribution in [0.3, 0.4) is 0 Å². The van der Waals surface area contributed by atoms with E-state index in [4.69, 9.17) is 24.3 Å². The fourth-order valence-electron chi connectivity index (χ4n) is 6.46. The monoisotopic (exact) mass is 762 g/mol. The van der Waals surface area contributed by atoms with Crippen LogP contribution in [0.4, 0.5) is 0 Å². The SMILES string of the molecule is CCCCCCCCCCCCCCCCCCCC(=O)O[C@H](COC(=O)CCCCCCCCCCCCCCCC)COP(=O)(O)OCCN. The minimum Gasteiger partial charge on any atom is -0.462 e. The Morgan fingerprint density at radius 2 is 0.827 bits per heavy atom. The molecule has 52 heavy (non-hydrogen) atoms. The van der Waals surface area contributed by atoms with Gasteiger partial charge >= 0.3 is 19.8 Å². The van der Waals surface area contributed by atoms with Gasteiger partial charge in [-0.2, -0.15) is 0 Å². The molecule has 0 fully saturated rings. The summed E-state index contributed by atoms with van der Waals surface area (Å²) in [6.07, 6.45) is 38.4. The molecule has 0 bridgehead atoms. The second kappa shape index (κ2) is 39.7. The van der Waals surface area contributed by atoms with E-state index in [0.717, 1.165) is 32.1 Å². The molecule has 0 amide bonds. The molecule has 0 radical (unpaired) electrons. The van der Waals surface area contributed by atoms with E-state index in [1.54, 1.807) is 0 Å². The van der Waals surface area contributed by atoms with Crippen LogP contribution in [0.5, 0.6) is 0 Å². The third kappa shape index (κ3) is 38.7. The van der Waals surface area contributed by atoms with Crippen molar-refractivity contribution in [2.45, 2.75) is 232 Å². The molecule has 0 saturated heterocycles. The lowest BCUT2D eigenvalue weighted by molar-refractivity contribution is -0.161. The van der Waals surface area contributed by atoms with Gasteiger partial charge in [0.2, 0.25) is 0 Å². The van der Waals surface area contributed by atoms with Gasteiger partial charge in [0, 0.05) is 19.4 Å². The summed E-state index contributed by atoms with van der Waals surface area (Å²) in [4.78, 5) is 34.8. The lowest BCUT2D eigenvalue weighted by Gasteiger charge is -2.19. The maximum absolute atomic E-state index is 12.6. The molecule has 0 rings (SSSR count). The summed E-state index contributed by atoms with van der Waals surface area (Å²) >= 11 is 0. The second-order valence-electron chi connectivity index (χ2n) is 14.9. The first-order chi connectivity index (χ1) is 25.3. The van der Waals surface area contributed by atoms with E-state index in [1.807, 2.05) is 0 Å². The molecule has 1 unspecified atom stereocenters. The normalized spacial score (nSPS) is 13.2. The van der Waals surface area contributed by atoms with Gasteiger partial charge in [0.15, 0.2) is 6.10 Å². The number of nitrogens with two attached hydrogens (primary N) is 1. The number of hydrogen-bond acceptors (Lipinski definition) is 8. The Labute approximate surface area is 320 Å². The summed E-state index contributed by atoms with van der Waals surface area (Å²) in [6.45, 7) is 3.77. The minimum absolute atomic E-state index is 0.0581. The van der Waals surface area contributed by atoms with Crippen LogP contribution in [-0.4, -0.2) is 49.3 Å². The van der Waals surface area contributed by atoms with Gasteiger partial charge in [0.05, 0.1) is 13.2 Å². The number of esters is 2. The number of unbranched alkanes of at least 4 members (excludes halogenated alkanes) is 29. The maximum Gasteiger partial charge on any atom is 0.472 e. The zero-order chi connectivity index (χ0) is 38.2. The van der Waals surface area contributed by atoms with E-state index in [-0.39, 0.29) is 38.6 Å². The van der Waals surface area contributed by atoms with E-state index >= 15 is 0 Å². The standard InChI is InChI=1S/C42H84NO8P/c1-3-5-7-9-11-13-15-17-19-20-21-23-25-27-29-31-33-35-42(45)51-40(39-50-52(46,47)49-37-36-43)38-48-41(44)34-32-30-28-26-24-22-18-16-14-12-10-8-6-4-2/h40H,3-39,43H2,1-2H3,(H,46,47)/t40-/m1/s1. The first-order valence-corrected chi connectivity index (χ1v) is 23.5. The van der Waals surface area contributed by atoms with Crippen LogP contribution in [0, 0.1) is 0 Å². The van der Waals surface area contributed by atoms with E-state index in [2.05, 4.69) is 13.8 Å². The average Bonchev–Trinajstić information content (AvgIpc) is 3.13. The number of phosphoric ester groups is 1. The largest absolute Gasteiger partial charge is 0.472 e. The van der Waals surface area contributed by atoms with Crippen molar-refractivity contribution in [3.8, 4) is 0 Å². The molecule has 0 aliphatic carbocycles. The zero-order valence-corrected chi connectivity index (χ0v) is 35.0. The number of carbonyl (C=O) groups excluding carboxylic acids is 2. The van der Waals surface area contributed by atoms with Gasteiger partial charge in [-0.15, -0.1) is 0 Å². The molecule has 2 atom stereocenters. The van der Waals surface area contributed by atoms with Crippen molar-refractivity contribution in [1.82, 2.24) is 0 Å². The number of phosphoric acid groups is 1. The molecule has 0 aromatic carbocycles. The quantitative estimate of drug-likeness (QED) is 0.0354. The summed E-state index contributed by atoms with van der Waals surface area (Å²) < 4.78 is 32.8. The van der Waals surface area contributed by atoms with E-state index in [1.165, 1.54) is 161 Å². The highest BCUT2D eigenvalue weighted by Gasteiger charge is 2.26. The van der Waals surface area contributed by atoms with Crippen LogP contribution in [0.25, 0.3) is 0 Å². The van der Waals surface area contributed by atoms with Gasteiger partial charge in [-0.1, -0.05) is 200 Å². The van der Waals surface area contributed by atoms with E-state index in [0.29, 0.717) is 6.42 Å². The van der Waals surface area contributed by atoms with Gasteiger partial charge in [-0.3, -0.25) is 18.6 Å². The molecule has 0 saturated carbocycles. The summed E-state index contributed by atoms with van der Waals surface area (Å²) in [6, 6.07) is 0. The topological polar surface area (TPSA) is 134 Å². The molecule has 9 nitrogen and oxygen atoms in total. The number of carbonyl (C=O) groups is 2. The Hall–Kier alpha value is -0.990. The second-order valence-corrected chi connectivity index (χ2v) is 16.4. The molecular formula is C42H84NO8P. The van der Waals surface area contributed by atoms with Gasteiger partial charge in [-0.05, 0) is 12.8 Å². The average molecular weight is 762 g/mol. The van der Waals surface area contributed by atoms with Gasteiger partial charge in [0.1, 0.15) is 6.61 Å². The molecular weight excluding hydrogens is 677 g/mol. The highest BCUT2D eigenvalue weighted by Crippen LogP contribution is 2.43. The Bertz CT molecular complexity index is 830. The van der Waals surface area contributed by atoms with E-state index < -0.39 is 26.5 Å². The van der Waals surface area contributed by atoms with E-state index in [9.17, 15) is 19.0 Å². The maximum atomic E-state index is 12.6. The van der Waals surface area contributed by atoms with Gasteiger partial charge in [0.25, 0.3) is 0 Å². The number of rotatable bonds is 42. The van der Waals surface area contributed by atoms with Crippen LogP contribution in [-0.2, 0) is 32.7 Å². The molecule has 310 valence electrons. The van der Waals surface area contributed by atoms with Crippen molar-refractivity contribution < 1.29 is 37.6 Å². The Morgan fingerprint density at radius 1 is 0.500 bits per heavy atom. The highest BCUT2D eigenvalue weighted by molar-refractivity contribution is 7.47.